The minimum absolute atomic E-state index is 0.00605. The van der Waals surface area contributed by atoms with Crippen molar-refractivity contribution < 1.29 is 66.1 Å². The minimum atomic E-state index is -2.64. The highest BCUT2D eigenvalue weighted by Crippen LogP contribution is 2.43. The van der Waals surface area contributed by atoms with E-state index in [1.54, 1.807) is 13.2 Å². The molecule has 3 aliphatic heterocycles. The molecule has 0 radical (unpaired) electrons. The van der Waals surface area contributed by atoms with Gasteiger partial charge in [-0.15, -0.1) is 6.58 Å². The number of ether oxygens (including phenoxy) is 11. The number of methoxy groups -OCH3 is 1. The van der Waals surface area contributed by atoms with Gasteiger partial charge in [0, 0.05) is 12.0 Å². The molecule has 0 aromatic heterocycles. The maximum atomic E-state index is 13.8. The molecule has 11 atom stereocenters. The average Bonchev–Trinajstić information content (AvgIpc) is 3.43. The molecule has 0 bridgehead atoms. The van der Waals surface area contributed by atoms with Crippen molar-refractivity contribution in [3.05, 3.63) is 162 Å². The number of esters is 1. The van der Waals surface area contributed by atoms with E-state index in [2.05, 4.69) is 64.6 Å². The number of benzene rings is 5. The van der Waals surface area contributed by atoms with Gasteiger partial charge < -0.3 is 61.3 Å². The second-order valence-corrected chi connectivity index (χ2v) is 24.7. The summed E-state index contributed by atoms with van der Waals surface area (Å²) in [4.78, 5) is 25.9. The van der Waals surface area contributed by atoms with E-state index in [1.165, 1.54) is 6.92 Å². The summed E-state index contributed by atoms with van der Waals surface area (Å²) in [5.41, 5.74) is 3.79. The smallest absolute Gasteiger partial charge is 0.306 e. The number of carbonyl (C=O) groups is 2. The van der Waals surface area contributed by atoms with Crippen molar-refractivity contribution in [2.45, 2.75) is 153 Å². The SMILES string of the molecule is C=CCO[C@H]1O[C@H](COCc2ccccc2)[C@@H](O[C@@H]2O[C@@H]3COC(c4ccc(OC)cc4)O[C@H]3[C@H](OCc3ccc4ccccc4c3)[C@@H]2O[Si](CC)(CC)C(C)C)[C@H](OCc2ccccc2)[C@@H]1OC(=O)CCC(C)=O. The fourth-order valence-electron chi connectivity index (χ4n) is 10.1. The molecule has 3 saturated heterocycles. The first-order chi connectivity index (χ1) is 36.5. The van der Waals surface area contributed by atoms with Crippen LogP contribution < -0.4 is 4.74 Å². The zero-order valence-corrected chi connectivity index (χ0v) is 45.1. The number of fused-ring (bicyclic) bond motifs is 2. The summed E-state index contributed by atoms with van der Waals surface area (Å²) in [6.07, 6.45) is -8.85. The van der Waals surface area contributed by atoms with Crippen molar-refractivity contribution in [1.82, 2.24) is 0 Å². The highest BCUT2D eigenvalue weighted by molar-refractivity contribution is 6.75. The first kappa shape index (κ1) is 56.1. The number of hydrogen-bond donors (Lipinski definition) is 0. The van der Waals surface area contributed by atoms with Crippen LogP contribution in [0.25, 0.3) is 10.8 Å². The topological polar surface area (TPSA) is 145 Å². The van der Waals surface area contributed by atoms with Crippen LogP contribution >= 0.6 is 0 Å². The molecule has 0 saturated carbocycles. The molecular formula is C60H74O14Si. The Morgan fingerprint density at radius 3 is 2.03 bits per heavy atom. The van der Waals surface area contributed by atoms with Gasteiger partial charge in [0.05, 0.1) is 53.2 Å². The number of Topliss-reactive ketones (excluding diaryl/α,β-unsaturated/α-hetero) is 1. The van der Waals surface area contributed by atoms with Crippen molar-refractivity contribution in [3.63, 3.8) is 0 Å². The van der Waals surface area contributed by atoms with Crippen LogP contribution in [0.4, 0.5) is 0 Å². The Hall–Kier alpha value is -5.14. The molecule has 0 amide bonds. The van der Waals surface area contributed by atoms with Crippen LogP contribution in [0.15, 0.2) is 140 Å². The molecule has 75 heavy (non-hydrogen) atoms. The van der Waals surface area contributed by atoms with E-state index in [1.807, 2.05) is 97.1 Å². The molecule has 5 aromatic rings. The van der Waals surface area contributed by atoms with Gasteiger partial charge in [0.15, 0.2) is 33.3 Å². The van der Waals surface area contributed by atoms with Gasteiger partial charge in [-0.3, -0.25) is 4.79 Å². The maximum absolute atomic E-state index is 13.8. The Morgan fingerprint density at radius 2 is 1.36 bits per heavy atom. The lowest BCUT2D eigenvalue weighted by atomic mass is 9.95. The summed E-state index contributed by atoms with van der Waals surface area (Å²) < 4.78 is 81.4. The first-order valence-electron chi connectivity index (χ1n) is 26.3. The Kier molecular flexibility index (Phi) is 20.4. The number of hydrogen-bond acceptors (Lipinski definition) is 14. The molecule has 5 aromatic carbocycles. The van der Waals surface area contributed by atoms with Gasteiger partial charge in [-0.2, -0.15) is 0 Å². The Labute approximate surface area is 442 Å². The van der Waals surface area contributed by atoms with Gasteiger partial charge in [0.1, 0.15) is 54.3 Å². The van der Waals surface area contributed by atoms with Crippen LogP contribution in [0.1, 0.15) is 76.0 Å². The summed E-state index contributed by atoms with van der Waals surface area (Å²) in [6.45, 7) is 14.9. The molecular weight excluding hydrogens is 973 g/mol. The molecule has 3 heterocycles. The van der Waals surface area contributed by atoms with Gasteiger partial charge in [-0.05, 0) is 70.2 Å². The summed E-state index contributed by atoms with van der Waals surface area (Å²) in [6, 6.07) is 43.3. The number of carbonyl (C=O) groups excluding carboxylic acids is 2. The largest absolute Gasteiger partial charge is 0.497 e. The standard InChI is InChI=1S/C60H74O14Si/c1-8-33-65-59-56(71-51(62)32-25-41(6)61)54(66-36-43-21-15-12-16-22-43)52(49(69-59)38-64-35-42-19-13-11-14-20-42)73-60-57(74-75(9-2,10-3)40(4)5)55(67-37-44-26-27-45-23-17-18-24-47(45)34-44)53-50(70-60)39-68-58(72-53)46-28-30-48(63-7)31-29-46/h8,11-24,26-31,34,40,49-50,52-60H,1,9-10,25,32-33,35-39H2,2-7H3/t49-,50-,52-,53-,54+,55+,56+,57+,58?,59+,60+/m1/s1. The predicted octanol–water partition coefficient (Wildman–Crippen LogP) is 10.7. The monoisotopic (exact) mass is 1050 g/mol. The second-order valence-electron chi connectivity index (χ2n) is 19.7. The lowest BCUT2D eigenvalue weighted by Crippen LogP contribution is -2.68. The van der Waals surface area contributed by atoms with Crippen LogP contribution in [0.2, 0.25) is 17.6 Å². The van der Waals surface area contributed by atoms with Crippen LogP contribution in [0, 0.1) is 0 Å². The minimum Gasteiger partial charge on any atom is -0.497 e. The van der Waals surface area contributed by atoms with Gasteiger partial charge in [-0.25, -0.2) is 0 Å². The Balaban J connectivity index is 1.22. The van der Waals surface area contributed by atoms with Gasteiger partial charge in [0.2, 0.25) is 0 Å². The first-order valence-corrected chi connectivity index (χ1v) is 28.7. The van der Waals surface area contributed by atoms with Crippen LogP contribution in [0.5, 0.6) is 5.75 Å². The van der Waals surface area contributed by atoms with Crippen LogP contribution in [-0.2, 0) is 81.2 Å². The molecule has 15 heteroatoms. The molecule has 0 aliphatic carbocycles. The van der Waals surface area contributed by atoms with E-state index in [9.17, 15) is 9.59 Å². The molecule has 402 valence electrons. The fourth-order valence-corrected chi connectivity index (χ4v) is 13.7. The van der Waals surface area contributed by atoms with Gasteiger partial charge in [-0.1, -0.05) is 143 Å². The van der Waals surface area contributed by atoms with Crippen molar-refractivity contribution in [1.29, 1.82) is 0 Å². The van der Waals surface area contributed by atoms with Crippen molar-refractivity contribution in [2.75, 3.05) is 26.9 Å². The van der Waals surface area contributed by atoms with Gasteiger partial charge >= 0.3 is 5.97 Å². The van der Waals surface area contributed by atoms with E-state index in [-0.39, 0.29) is 63.8 Å². The third-order valence-corrected chi connectivity index (χ3v) is 19.7. The normalized spacial score (nSPS) is 25.9. The summed E-state index contributed by atoms with van der Waals surface area (Å²) in [7, 11) is -1.01. The Morgan fingerprint density at radius 1 is 0.693 bits per heavy atom. The van der Waals surface area contributed by atoms with Crippen molar-refractivity contribution in [2.24, 2.45) is 0 Å². The molecule has 1 unspecified atom stereocenters. The lowest BCUT2D eigenvalue weighted by molar-refractivity contribution is -0.389. The average molecular weight is 1050 g/mol. The molecule has 3 fully saturated rings. The number of rotatable bonds is 26. The lowest BCUT2D eigenvalue weighted by Gasteiger charge is -2.53. The summed E-state index contributed by atoms with van der Waals surface area (Å²) >= 11 is 0. The van der Waals surface area contributed by atoms with Crippen molar-refractivity contribution in [3.8, 4) is 5.75 Å². The fraction of sp³-hybridized carbons (Fsp3) is 0.467. The van der Waals surface area contributed by atoms with E-state index in [0.29, 0.717) is 5.75 Å². The molecule has 14 nitrogen and oxygen atoms in total. The quantitative estimate of drug-likeness (QED) is 0.0294. The van der Waals surface area contributed by atoms with E-state index >= 15 is 0 Å². The Bertz CT molecular complexity index is 2560. The number of ketones is 1. The third-order valence-electron chi connectivity index (χ3n) is 14.4. The molecule has 0 N–H and O–H groups in total. The zero-order valence-electron chi connectivity index (χ0n) is 44.1. The maximum Gasteiger partial charge on any atom is 0.306 e. The third kappa shape index (κ3) is 14.5. The van der Waals surface area contributed by atoms with Crippen molar-refractivity contribution >= 4 is 30.8 Å². The van der Waals surface area contributed by atoms with E-state index in [4.69, 9.17) is 56.5 Å². The van der Waals surface area contributed by atoms with Crippen LogP contribution in [-0.4, -0.2) is 108 Å². The predicted molar refractivity (Wildman–Crippen MR) is 285 cm³/mol. The summed E-state index contributed by atoms with van der Waals surface area (Å²) in [5.74, 6) is -0.0679. The highest BCUT2D eigenvalue weighted by atomic mass is 28.4. The molecule has 8 rings (SSSR count). The highest BCUT2D eigenvalue weighted by Gasteiger charge is 2.58. The second kappa shape index (κ2) is 27.3. The van der Waals surface area contributed by atoms with Gasteiger partial charge in [0.25, 0.3) is 0 Å². The molecule has 0 spiro atoms. The van der Waals surface area contributed by atoms with E-state index < -0.39 is 82.0 Å². The summed E-state index contributed by atoms with van der Waals surface area (Å²) in [5, 5.41) is 2.21. The van der Waals surface area contributed by atoms with Crippen LogP contribution in [0.3, 0.4) is 0 Å². The van der Waals surface area contributed by atoms with E-state index in [0.717, 1.165) is 45.1 Å². The molecule has 3 aliphatic rings. The zero-order chi connectivity index (χ0) is 52.7.